The molecule has 1 fully saturated rings. The summed E-state index contributed by atoms with van der Waals surface area (Å²) in [5, 5.41) is 11.7. The Morgan fingerprint density at radius 2 is 2.05 bits per heavy atom. The van der Waals surface area contributed by atoms with E-state index in [1.165, 1.54) is 6.07 Å². The number of carboxylic acid groups (broad SMARTS) is 1. The normalized spacial score (nSPS) is 22.7. The number of halogens is 2. The molecule has 6 heteroatoms. The van der Waals surface area contributed by atoms with Gasteiger partial charge in [0, 0.05) is 11.5 Å². The summed E-state index contributed by atoms with van der Waals surface area (Å²) in [6.07, 6.45) is 0.898. The largest absolute Gasteiger partial charge is 0.481 e. The molecule has 1 aromatic carbocycles. The van der Waals surface area contributed by atoms with E-state index in [-0.39, 0.29) is 24.2 Å². The van der Waals surface area contributed by atoms with Gasteiger partial charge in [-0.15, -0.1) is 0 Å². The van der Waals surface area contributed by atoms with Crippen LogP contribution in [0.5, 0.6) is 0 Å². The molecule has 1 aliphatic carbocycles. The number of rotatable bonds is 6. The van der Waals surface area contributed by atoms with Crippen molar-refractivity contribution in [1.82, 2.24) is 5.32 Å². The van der Waals surface area contributed by atoms with E-state index in [4.69, 9.17) is 5.11 Å². The first-order valence-corrected chi connectivity index (χ1v) is 7.24. The van der Waals surface area contributed by atoms with Crippen LogP contribution >= 0.6 is 0 Å². The highest BCUT2D eigenvalue weighted by atomic mass is 19.2. The smallest absolute Gasteiger partial charge is 0.305 e. The van der Waals surface area contributed by atoms with Crippen LogP contribution in [-0.2, 0) is 9.59 Å². The fraction of sp³-hybridized carbons (Fsp3) is 0.500. The first-order chi connectivity index (χ1) is 10.3. The number of carboxylic acids is 1. The maximum Gasteiger partial charge on any atom is 0.305 e. The number of benzene rings is 1. The topological polar surface area (TPSA) is 66.4 Å². The molecule has 0 saturated heterocycles. The first kappa shape index (κ1) is 16.4. The fourth-order valence-electron chi connectivity index (χ4n) is 2.58. The molecule has 1 amide bonds. The second kappa shape index (κ2) is 6.02. The highest BCUT2D eigenvalue weighted by Gasteiger charge is 2.45. The minimum absolute atomic E-state index is 0.138. The Labute approximate surface area is 127 Å². The van der Waals surface area contributed by atoms with E-state index in [2.05, 4.69) is 5.32 Å². The third-order valence-electron chi connectivity index (χ3n) is 4.25. The summed E-state index contributed by atoms with van der Waals surface area (Å²) in [6.45, 7) is 3.50. The van der Waals surface area contributed by atoms with Crippen molar-refractivity contribution in [3.8, 4) is 0 Å². The van der Waals surface area contributed by atoms with Gasteiger partial charge in [0.1, 0.15) is 0 Å². The summed E-state index contributed by atoms with van der Waals surface area (Å²) in [5.41, 5.74) is -0.208. The van der Waals surface area contributed by atoms with Crippen LogP contribution in [0.4, 0.5) is 8.78 Å². The molecule has 0 heterocycles. The van der Waals surface area contributed by atoms with E-state index < -0.39 is 23.1 Å². The Bertz CT molecular complexity index is 605. The molecule has 2 N–H and O–H groups in total. The fourth-order valence-corrected chi connectivity index (χ4v) is 2.58. The molecule has 0 bridgehead atoms. The average Bonchev–Trinajstić information content (AvgIpc) is 3.21. The molecule has 0 unspecified atom stereocenters. The van der Waals surface area contributed by atoms with Crippen LogP contribution in [0.15, 0.2) is 18.2 Å². The summed E-state index contributed by atoms with van der Waals surface area (Å²) in [4.78, 5) is 23.1. The second-order valence-corrected chi connectivity index (χ2v) is 6.10. The Hall–Kier alpha value is -1.98. The van der Waals surface area contributed by atoms with Gasteiger partial charge in [-0.2, -0.15) is 0 Å². The lowest BCUT2D eigenvalue weighted by Gasteiger charge is -2.28. The molecule has 120 valence electrons. The molecule has 2 rings (SSSR count). The number of carbonyl (C=O) groups excluding carboxylic acids is 1. The van der Waals surface area contributed by atoms with Crippen molar-refractivity contribution in [3.63, 3.8) is 0 Å². The molecule has 1 aliphatic rings. The minimum Gasteiger partial charge on any atom is -0.481 e. The number of hydrogen-bond acceptors (Lipinski definition) is 2. The predicted molar refractivity (Wildman–Crippen MR) is 76.3 cm³/mol. The highest BCUT2D eigenvalue weighted by Crippen LogP contribution is 2.48. The van der Waals surface area contributed by atoms with Crippen LogP contribution in [0.3, 0.4) is 0 Å². The average molecular weight is 311 g/mol. The Morgan fingerprint density at radius 1 is 1.36 bits per heavy atom. The number of aliphatic carboxylic acids is 1. The molecule has 4 nitrogen and oxygen atoms in total. The predicted octanol–water partition coefficient (Wildman–Crippen LogP) is 2.83. The summed E-state index contributed by atoms with van der Waals surface area (Å²) >= 11 is 0. The zero-order valence-electron chi connectivity index (χ0n) is 12.5. The van der Waals surface area contributed by atoms with Crippen molar-refractivity contribution < 1.29 is 23.5 Å². The van der Waals surface area contributed by atoms with Gasteiger partial charge in [-0.3, -0.25) is 9.59 Å². The molecule has 0 aromatic heterocycles. The Morgan fingerprint density at radius 3 is 2.59 bits per heavy atom. The lowest BCUT2D eigenvalue weighted by molar-refractivity contribution is -0.139. The number of nitrogens with one attached hydrogen (secondary N) is 1. The molecule has 22 heavy (non-hydrogen) atoms. The van der Waals surface area contributed by atoms with Crippen LogP contribution < -0.4 is 5.32 Å². The molecule has 0 spiro atoms. The first-order valence-electron chi connectivity index (χ1n) is 7.24. The van der Waals surface area contributed by atoms with Crippen LogP contribution in [-0.4, -0.2) is 22.5 Å². The zero-order chi connectivity index (χ0) is 16.5. The summed E-state index contributed by atoms with van der Waals surface area (Å²) in [5.74, 6) is -3.50. The van der Waals surface area contributed by atoms with Gasteiger partial charge in [-0.1, -0.05) is 13.0 Å². The van der Waals surface area contributed by atoms with Crippen LogP contribution in [0.1, 0.15) is 44.6 Å². The third-order valence-corrected chi connectivity index (χ3v) is 4.25. The van der Waals surface area contributed by atoms with Crippen LogP contribution in [0.25, 0.3) is 0 Å². The van der Waals surface area contributed by atoms with Gasteiger partial charge in [-0.25, -0.2) is 8.78 Å². The molecular formula is C16H19F2NO3. The van der Waals surface area contributed by atoms with E-state index in [0.29, 0.717) is 18.4 Å². The molecular weight excluding hydrogens is 292 g/mol. The number of hydrogen-bond donors (Lipinski definition) is 2. The van der Waals surface area contributed by atoms with E-state index in [0.717, 1.165) is 12.1 Å². The van der Waals surface area contributed by atoms with Crippen LogP contribution in [0.2, 0.25) is 0 Å². The number of carbonyl (C=O) groups is 2. The van der Waals surface area contributed by atoms with Gasteiger partial charge >= 0.3 is 5.97 Å². The highest BCUT2D eigenvalue weighted by molar-refractivity contribution is 5.84. The van der Waals surface area contributed by atoms with Gasteiger partial charge < -0.3 is 10.4 Å². The van der Waals surface area contributed by atoms with Gasteiger partial charge in [0.15, 0.2) is 11.6 Å². The van der Waals surface area contributed by atoms with E-state index in [1.54, 1.807) is 6.92 Å². The van der Waals surface area contributed by atoms with Crippen molar-refractivity contribution in [2.24, 2.45) is 5.92 Å². The van der Waals surface area contributed by atoms with Crippen molar-refractivity contribution in [1.29, 1.82) is 0 Å². The van der Waals surface area contributed by atoms with Crippen molar-refractivity contribution in [2.75, 3.05) is 0 Å². The van der Waals surface area contributed by atoms with Crippen molar-refractivity contribution in [2.45, 2.75) is 44.6 Å². The van der Waals surface area contributed by atoms with Gasteiger partial charge in [0.2, 0.25) is 5.91 Å². The quantitative estimate of drug-likeness (QED) is 0.849. The summed E-state index contributed by atoms with van der Waals surface area (Å²) < 4.78 is 26.1. The third kappa shape index (κ3) is 3.61. The Kier molecular flexibility index (Phi) is 4.49. The van der Waals surface area contributed by atoms with Gasteiger partial charge in [0.25, 0.3) is 0 Å². The standard InChI is InChI=1S/C16H19F2NO3/c1-3-16(2,8-14(20)21)19-15(22)11-7-10(11)9-4-5-12(17)13(18)6-9/h4-6,10-11H,3,7-8H2,1-2H3,(H,19,22)(H,20,21)/t10-,11+,16+/m0/s1. The van der Waals surface area contributed by atoms with Crippen molar-refractivity contribution >= 4 is 11.9 Å². The molecule has 3 atom stereocenters. The Balaban J connectivity index is 2.00. The van der Waals surface area contributed by atoms with Gasteiger partial charge in [-0.05, 0) is 43.4 Å². The summed E-state index contributed by atoms with van der Waals surface area (Å²) in [6, 6.07) is 3.65. The van der Waals surface area contributed by atoms with E-state index in [1.807, 2.05) is 6.92 Å². The van der Waals surface area contributed by atoms with Crippen molar-refractivity contribution in [3.05, 3.63) is 35.4 Å². The van der Waals surface area contributed by atoms with E-state index >= 15 is 0 Å². The maximum atomic E-state index is 13.2. The molecule has 1 aromatic rings. The lowest BCUT2D eigenvalue weighted by atomic mass is 9.94. The summed E-state index contributed by atoms with van der Waals surface area (Å²) in [7, 11) is 0. The second-order valence-electron chi connectivity index (χ2n) is 6.10. The van der Waals surface area contributed by atoms with E-state index in [9.17, 15) is 18.4 Å². The lowest BCUT2D eigenvalue weighted by Crippen LogP contribution is -2.47. The molecule has 0 radical (unpaired) electrons. The SMILES string of the molecule is CC[C@](C)(CC(=O)O)NC(=O)[C@@H]1C[C@H]1c1ccc(F)c(F)c1. The zero-order valence-corrected chi connectivity index (χ0v) is 12.5. The minimum atomic E-state index is -0.974. The molecule has 0 aliphatic heterocycles. The molecule has 1 saturated carbocycles. The monoisotopic (exact) mass is 311 g/mol. The number of amides is 1. The maximum absolute atomic E-state index is 13.2. The van der Waals surface area contributed by atoms with Gasteiger partial charge in [0.05, 0.1) is 6.42 Å². The van der Waals surface area contributed by atoms with Crippen LogP contribution in [0, 0.1) is 17.6 Å².